The van der Waals surface area contributed by atoms with Crippen LogP contribution in [0.4, 0.5) is 17.6 Å². The van der Waals surface area contributed by atoms with E-state index in [-0.39, 0.29) is 11.6 Å². The van der Waals surface area contributed by atoms with Gasteiger partial charge in [0.15, 0.2) is 0 Å². The van der Waals surface area contributed by atoms with Gasteiger partial charge in [0.2, 0.25) is 0 Å². The topological polar surface area (TPSA) is 73.6 Å². The number of nitrogens with zero attached hydrogens (tertiary/aromatic N) is 5. The van der Waals surface area contributed by atoms with Gasteiger partial charge in [0.05, 0.1) is 35.4 Å². The summed E-state index contributed by atoms with van der Waals surface area (Å²) < 4.78 is 58.7. The molecule has 4 aromatic heterocycles. The summed E-state index contributed by atoms with van der Waals surface area (Å²) in [7, 11) is 0. The van der Waals surface area contributed by atoms with Crippen molar-refractivity contribution in [3.8, 4) is 17.1 Å². The highest BCUT2D eigenvalue weighted by Crippen LogP contribution is 2.36. The van der Waals surface area contributed by atoms with E-state index in [0.717, 1.165) is 6.07 Å². The molecule has 0 spiro atoms. The van der Waals surface area contributed by atoms with Crippen LogP contribution < -0.4 is 5.56 Å². The fourth-order valence-electron chi connectivity index (χ4n) is 3.84. The summed E-state index contributed by atoms with van der Waals surface area (Å²) in [6.07, 6.45) is 2.60. The average Bonchev–Trinajstić information content (AvgIpc) is 2.84. The number of hydrogen-bond donors (Lipinski definition) is 0. The Labute approximate surface area is 215 Å². The van der Waals surface area contributed by atoms with E-state index >= 15 is 8.78 Å². The lowest BCUT2D eigenvalue weighted by molar-refractivity contribution is -0.00586. The second-order valence-electron chi connectivity index (χ2n) is 8.93. The van der Waals surface area contributed by atoms with E-state index in [0.29, 0.717) is 40.7 Å². The number of halogens is 5. The largest absolute Gasteiger partial charge is 0.280 e. The fraction of sp³-hybridized carbons (Fsp3) is 0.269. The molecule has 0 radical (unpaired) electrons. The summed E-state index contributed by atoms with van der Waals surface area (Å²) in [5.74, 6) is -5.25. The number of hydrogen-bond acceptors (Lipinski definition) is 5. The number of aromatic nitrogens is 5. The normalized spacial score (nSPS) is 11.8. The molecule has 0 aliphatic heterocycles. The molecule has 0 unspecified atom stereocenters. The van der Waals surface area contributed by atoms with Crippen molar-refractivity contribution >= 4 is 11.6 Å². The van der Waals surface area contributed by atoms with Gasteiger partial charge in [0, 0.05) is 35.6 Å². The zero-order valence-electron chi connectivity index (χ0n) is 20.4. The minimum atomic E-state index is -3.75. The molecule has 0 N–H and O–H groups in total. The summed E-state index contributed by atoms with van der Waals surface area (Å²) in [6.45, 7) is 7.11. The quantitative estimate of drug-likeness (QED) is 0.281. The standard InChI is InChI=1S/C26H22ClF4N5O/c1-13(2)24-32-6-5-19(35-24)20-9-22(14(3)11-33-20)36-15(4)7-17(23(27)25(36)37)26(30,31)10-21-18(29)8-16(28)12-34-21/h5-9,11-13H,10H2,1-4H3. The van der Waals surface area contributed by atoms with Gasteiger partial charge in [-0.25, -0.2) is 27.5 Å². The first-order valence-corrected chi connectivity index (χ1v) is 11.7. The van der Waals surface area contributed by atoms with Gasteiger partial charge in [-0.2, -0.15) is 0 Å². The zero-order chi connectivity index (χ0) is 27.1. The maximum atomic E-state index is 15.2. The van der Waals surface area contributed by atoms with Crippen LogP contribution in [0.3, 0.4) is 0 Å². The number of rotatable bonds is 6. The predicted octanol–water partition coefficient (Wildman–Crippen LogP) is 6.09. The monoisotopic (exact) mass is 531 g/mol. The third-order valence-corrected chi connectivity index (χ3v) is 6.13. The van der Waals surface area contributed by atoms with Gasteiger partial charge in [-0.3, -0.25) is 19.3 Å². The average molecular weight is 532 g/mol. The molecule has 0 atom stereocenters. The Hall–Kier alpha value is -3.66. The molecule has 192 valence electrons. The summed E-state index contributed by atoms with van der Waals surface area (Å²) >= 11 is 6.18. The molecule has 0 saturated heterocycles. The van der Waals surface area contributed by atoms with Gasteiger partial charge < -0.3 is 0 Å². The lowest BCUT2D eigenvalue weighted by atomic mass is 10.0. The van der Waals surface area contributed by atoms with Crippen molar-refractivity contribution in [1.29, 1.82) is 0 Å². The Morgan fingerprint density at radius 2 is 1.76 bits per heavy atom. The Kier molecular flexibility index (Phi) is 7.14. The molecular weight excluding hydrogens is 510 g/mol. The highest BCUT2D eigenvalue weighted by molar-refractivity contribution is 6.31. The molecule has 4 aromatic rings. The molecule has 0 aromatic carbocycles. The molecule has 37 heavy (non-hydrogen) atoms. The van der Waals surface area contributed by atoms with Crippen LogP contribution in [0.2, 0.25) is 5.02 Å². The Morgan fingerprint density at radius 3 is 2.43 bits per heavy atom. The molecule has 4 heterocycles. The minimum Gasteiger partial charge on any atom is -0.280 e. The van der Waals surface area contributed by atoms with Crippen LogP contribution in [-0.4, -0.2) is 24.5 Å². The lowest BCUT2D eigenvalue weighted by Crippen LogP contribution is -2.28. The van der Waals surface area contributed by atoms with Gasteiger partial charge in [0.1, 0.15) is 22.5 Å². The van der Waals surface area contributed by atoms with Crippen molar-refractivity contribution < 1.29 is 17.6 Å². The van der Waals surface area contributed by atoms with Crippen LogP contribution in [0.1, 0.15) is 48.1 Å². The zero-order valence-corrected chi connectivity index (χ0v) is 21.1. The van der Waals surface area contributed by atoms with Crippen molar-refractivity contribution in [1.82, 2.24) is 24.5 Å². The highest BCUT2D eigenvalue weighted by atomic mass is 35.5. The van der Waals surface area contributed by atoms with Crippen molar-refractivity contribution in [3.05, 3.63) is 98.2 Å². The van der Waals surface area contributed by atoms with E-state index < -0.39 is 45.8 Å². The molecule has 11 heteroatoms. The van der Waals surface area contributed by atoms with Crippen molar-refractivity contribution in [3.63, 3.8) is 0 Å². The first-order valence-electron chi connectivity index (χ1n) is 11.3. The van der Waals surface area contributed by atoms with Crippen LogP contribution >= 0.6 is 11.6 Å². The Balaban J connectivity index is 1.79. The summed E-state index contributed by atoms with van der Waals surface area (Å²) in [5, 5.41) is -0.722. The van der Waals surface area contributed by atoms with Gasteiger partial charge in [-0.15, -0.1) is 0 Å². The number of aryl methyl sites for hydroxylation is 2. The predicted molar refractivity (Wildman–Crippen MR) is 131 cm³/mol. The third kappa shape index (κ3) is 5.24. The van der Waals surface area contributed by atoms with Crippen LogP contribution in [0.15, 0.2) is 47.7 Å². The molecule has 0 saturated carbocycles. The van der Waals surface area contributed by atoms with E-state index in [1.807, 2.05) is 13.8 Å². The molecule has 0 aliphatic rings. The maximum absolute atomic E-state index is 15.2. The molecular formula is C26H22ClF4N5O. The first kappa shape index (κ1) is 26.4. The van der Waals surface area contributed by atoms with Crippen molar-refractivity contribution in [2.24, 2.45) is 0 Å². The second kappa shape index (κ2) is 10.0. The first-order chi connectivity index (χ1) is 17.4. The van der Waals surface area contributed by atoms with Crippen LogP contribution in [-0.2, 0) is 12.3 Å². The fourth-order valence-corrected chi connectivity index (χ4v) is 4.12. The Morgan fingerprint density at radius 1 is 1.03 bits per heavy atom. The molecule has 0 fully saturated rings. The third-order valence-electron chi connectivity index (χ3n) is 5.77. The van der Waals surface area contributed by atoms with E-state index in [2.05, 4.69) is 19.9 Å². The summed E-state index contributed by atoms with van der Waals surface area (Å²) in [5.41, 5.74) is -0.154. The van der Waals surface area contributed by atoms with Gasteiger partial charge >= 0.3 is 0 Å². The summed E-state index contributed by atoms with van der Waals surface area (Å²) in [4.78, 5) is 29.9. The Bertz CT molecular complexity index is 1550. The molecule has 0 amide bonds. The van der Waals surface area contributed by atoms with Gasteiger partial charge in [-0.1, -0.05) is 25.4 Å². The molecule has 6 nitrogen and oxygen atoms in total. The smallest absolute Gasteiger partial charge is 0.280 e. The highest BCUT2D eigenvalue weighted by Gasteiger charge is 2.37. The van der Waals surface area contributed by atoms with Gasteiger partial charge in [0.25, 0.3) is 11.5 Å². The lowest BCUT2D eigenvalue weighted by Gasteiger charge is -2.21. The van der Waals surface area contributed by atoms with E-state index in [1.165, 1.54) is 11.5 Å². The van der Waals surface area contributed by atoms with E-state index in [9.17, 15) is 13.6 Å². The van der Waals surface area contributed by atoms with Crippen LogP contribution in [0, 0.1) is 25.5 Å². The van der Waals surface area contributed by atoms with E-state index in [4.69, 9.17) is 11.6 Å². The molecule has 0 bridgehead atoms. The maximum Gasteiger partial charge on any atom is 0.280 e. The van der Waals surface area contributed by atoms with Crippen molar-refractivity contribution in [2.75, 3.05) is 0 Å². The SMILES string of the molecule is Cc1cnc(-c2ccnc(C(C)C)n2)cc1-n1c(C)cc(C(F)(F)Cc2ncc(F)cc2F)c(Cl)c1=O. The molecule has 4 rings (SSSR count). The number of pyridine rings is 3. The minimum absolute atomic E-state index is 0.0846. The van der Waals surface area contributed by atoms with Gasteiger partial charge in [-0.05, 0) is 37.6 Å². The summed E-state index contributed by atoms with van der Waals surface area (Å²) in [6, 6.07) is 4.85. The molecule has 0 aliphatic carbocycles. The van der Waals surface area contributed by atoms with Crippen LogP contribution in [0.25, 0.3) is 17.1 Å². The second-order valence-corrected chi connectivity index (χ2v) is 9.31. The van der Waals surface area contributed by atoms with E-state index in [1.54, 1.807) is 31.5 Å². The van der Waals surface area contributed by atoms with Crippen LogP contribution in [0.5, 0.6) is 0 Å². The number of alkyl halides is 2. The van der Waals surface area contributed by atoms with Crippen molar-refractivity contribution in [2.45, 2.75) is 46.0 Å².